The molecule has 120 valence electrons. The number of rotatable bonds is 1. The number of ether oxygens (including phenoxy) is 1. The molecule has 2 aliphatic rings. The lowest BCUT2D eigenvalue weighted by molar-refractivity contribution is -0.0559. The van der Waals surface area contributed by atoms with Crippen LogP contribution in [0.15, 0.2) is 23.2 Å². The first-order valence-corrected chi connectivity index (χ1v) is 8.18. The van der Waals surface area contributed by atoms with Crippen molar-refractivity contribution < 1.29 is 4.74 Å². The second-order valence-electron chi connectivity index (χ2n) is 8.98. The van der Waals surface area contributed by atoms with Gasteiger partial charge in [-0.25, -0.2) is 0 Å². The molecule has 1 N–H and O–H groups in total. The summed E-state index contributed by atoms with van der Waals surface area (Å²) in [7, 11) is 0. The molecule has 3 nitrogen and oxygen atoms in total. The maximum absolute atomic E-state index is 5.54. The summed E-state index contributed by atoms with van der Waals surface area (Å²) in [5, 5.41) is 3.54. The van der Waals surface area contributed by atoms with Gasteiger partial charge in [0.15, 0.2) is 0 Å². The third-order valence-electron chi connectivity index (χ3n) is 4.29. The van der Waals surface area contributed by atoms with E-state index < -0.39 is 0 Å². The van der Waals surface area contributed by atoms with Gasteiger partial charge in [-0.05, 0) is 23.5 Å². The van der Waals surface area contributed by atoms with Crippen molar-refractivity contribution in [1.29, 1.82) is 0 Å². The molecule has 0 amide bonds. The SMILES string of the molecule is CC(C)(C)Cc1ccc2c(c1)C1(COC1)N=C(C(C)(C)C)N2. The molecule has 0 aliphatic carbocycles. The van der Waals surface area contributed by atoms with E-state index in [-0.39, 0.29) is 11.0 Å². The van der Waals surface area contributed by atoms with Crippen molar-refractivity contribution in [2.45, 2.75) is 53.5 Å². The minimum atomic E-state index is -0.170. The lowest BCUT2D eigenvalue weighted by Gasteiger charge is -2.44. The van der Waals surface area contributed by atoms with Gasteiger partial charge in [-0.15, -0.1) is 0 Å². The summed E-state index contributed by atoms with van der Waals surface area (Å²) < 4.78 is 5.54. The number of benzene rings is 1. The second-order valence-corrected chi connectivity index (χ2v) is 8.98. The molecule has 0 aromatic heterocycles. The lowest BCUT2D eigenvalue weighted by Crippen LogP contribution is -2.50. The maximum Gasteiger partial charge on any atom is 0.136 e. The third kappa shape index (κ3) is 2.79. The molecule has 22 heavy (non-hydrogen) atoms. The van der Waals surface area contributed by atoms with Crippen LogP contribution in [0.4, 0.5) is 5.69 Å². The van der Waals surface area contributed by atoms with Gasteiger partial charge in [0.1, 0.15) is 11.4 Å². The van der Waals surface area contributed by atoms with E-state index in [1.54, 1.807) is 0 Å². The van der Waals surface area contributed by atoms with E-state index in [1.165, 1.54) is 16.8 Å². The summed E-state index contributed by atoms with van der Waals surface area (Å²) in [5.74, 6) is 1.06. The number of anilines is 1. The summed E-state index contributed by atoms with van der Waals surface area (Å²) in [4.78, 5) is 5.05. The molecule has 0 radical (unpaired) electrons. The molecule has 1 spiro atoms. The molecule has 0 unspecified atom stereocenters. The van der Waals surface area contributed by atoms with Crippen molar-refractivity contribution in [2.75, 3.05) is 18.5 Å². The average Bonchev–Trinajstić information content (AvgIpc) is 2.32. The quantitative estimate of drug-likeness (QED) is 0.835. The van der Waals surface area contributed by atoms with Crippen molar-refractivity contribution >= 4 is 11.5 Å². The molecule has 3 rings (SSSR count). The van der Waals surface area contributed by atoms with Crippen LogP contribution in [0.1, 0.15) is 52.7 Å². The lowest BCUT2D eigenvalue weighted by atomic mass is 9.80. The van der Waals surface area contributed by atoms with Gasteiger partial charge in [0.25, 0.3) is 0 Å². The highest BCUT2D eigenvalue weighted by atomic mass is 16.5. The minimum absolute atomic E-state index is 0.0182. The Bertz CT molecular complexity index is 613. The molecule has 0 bridgehead atoms. The van der Waals surface area contributed by atoms with E-state index in [0.717, 1.165) is 12.3 Å². The molecular formula is C19H28N2O. The summed E-state index contributed by atoms with van der Waals surface area (Å²) >= 11 is 0. The van der Waals surface area contributed by atoms with Crippen LogP contribution >= 0.6 is 0 Å². The number of fused-ring (bicyclic) bond motifs is 2. The number of nitrogens with zero attached hydrogens (tertiary/aromatic N) is 1. The second kappa shape index (κ2) is 4.82. The smallest absolute Gasteiger partial charge is 0.136 e. The fourth-order valence-corrected chi connectivity index (χ4v) is 3.11. The number of nitrogens with one attached hydrogen (secondary N) is 1. The van der Waals surface area contributed by atoms with Crippen molar-refractivity contribution in [2.24, 2.45) is 15.8 Å². The van der Waals surface area contributed by atoms with Gasteiger partial charge < -0.3 is 10.1 Å². The van der Waals surface area contributed by atoms with Crippen LogP contribution in [0.5, 0.6) is 0 Å². The fraction of sp³-hybridized carbons (Fsp3) is 0.632. The van der Waals surface area contributed by atoms with Crippen molar-refractivity contribution in [1.82, 2.24) is 0 Å². The summed E-state index contributed by atoms with van der Waals surface area (Å²) in [6.07, 6.45) is 1.08. The van der Waals surface area contributed by atoms with E-state index in [1.807, 2.05) is 0 Å². The molecule has 0 atom stereocenters. The summed E-state index contributed by atoms with van der Waals surface area (Å²) in [5.41, 5.74) is 4.02. The van der Waals surface area contributed by atoms with Crippen LogP contribution < -0.4 is 5.32 Å². The predicted octanol–water partition coefficient (Wildman–Crippen LogP) is 4.37. The van der Waals surface area contributed by atoms with E-state index in [4.69, 9.17) is 9.73 Å². The Morgan fingerprint density at radius 3 is 2.32 bits per heavy atom. The zero-order chi connectivity index (χ0) is 16.2. The molecule has 1 aromatic carbocycles. The molecular weight excluding hydrogens is 272 g/mol. The number of hydrogen-bond acceptors (Lipinski definition) is 3. The van der Waals surface area contributed by atoms with Crippen LogP contribution in [0.25, 0.3) is 0 Å². The highest BCUT2D eigenvalue weighted by Crippen LogP contribution is 2.43. The Kier molecular flexibility index (Phi) is 3.41. The zero-order valence-electron chi connectivity index (χ0n) is 14.7. The molecule has 2 heterocycles. The summed E-state index contributed by atoms with van der Waals surface area (Å²) in [6, 6.07) is 6.80. The highest BCUT2D eigenvalue weighted by molar-refractivity contribution is 6.01. The van der Waals surface area contributed by atoms with Gasteiger partial charge in [-0.2, -0.15) is 0 Å². The van der Waals surface area contributed by atoms with Crippen molar-refractivity contribution in [3.05, 3.63) is 29.3 Å². The van der Waals surface area contributed by atoms with Crippen molar-refractivity contribution in [3.8, 4) is 0 Å². The van der Waals surface area contributed by atoms with Gasteiger partial charge in [-0.3, -0.25) is 4.99 Å². The topological polar surface area (TPSA) is 33.6 Å². The van der Waals surface area contributed by atoms with Gasteiger partial charge in [0.2, 0.25) is 0 Å². The van der Waals surface area contributed by atoms with Gasteiger partial charge >= 0.3 is 0 Å². The maximum atomic E-state index is 5.54. The van der Waals surface area contributed by atoms with E-state index in [2.05, 4.69) is 65.1 Å². The van der Waals surface area contributed by atoms with Crippen molar-refractivity contribution in [3.63, 3.8) is 0 Å². The summed E-state index contributed by atoms with van der Waals surface area (Å²) in [6.45, 7) is 14.8. The zero-order valence-corrected chi connectivity index (χ0v) is 14.7. The number of aliphatic imine (C=N–C) groups is 1. The first-order valence-electron chi connectivity index (χ1n) is 8.18. The fourth-order valence-electron chi connectivity index (χ4n) is 3.11. The van der Waals surface area contributed by atoms with Crippen LogP contribution in [0.3, 0.4) is 0 Å². The number of hydrogen-bond donors (Lipinski definition) is 1. The first-order chi connectivity index (χ1) is 10.1. The standard InChI is InChI=1S/C19H28N2O/c1-17(2,3)10-13-7-8-15-14(9-13)19(11-22-12-19)21-16(20-15)18(4,5)6/h7-9H,10-12H2,1-6H3,(H,20,21). The monoisotopic (exact) mass is 300 g/mol. The predicted molar refractivity (Wildman–Crippen MR) is 92.6 cm³/mol. The Hall–Kier alpha value is -1.35. The largest absolute Gasteiger partial charge is 0.375 e. The molecule has 1 fully saturated rings. The highest BCUT2D eigenvalue weighted by Gasteiger charge is 2.45. The van der Waals surface area contributed by atoms with Crippen LogP contribution in [0, 0.1) is 10.8 Å². The van der Waals surface area contributed by atoms with Gasteiger partial charge in [-0.1, -0.05) is 53.7 Å². The Morgan fingerprint density at radius 1 is 1.14 bits per heavy atom. The van der Waals surface area contributed by atoms with Crippen LogP contribution in [-0.4, -0.2) is 19.0 Å². The van der Waals surface area contributed by atoms with Crippen LogP contribution in [0.2, 0.25) is 0 Å². The van der Waals surface area contributed by atoms with Gasteiger partial charge in [0.05, 0.1) is 13.2 Å². The molecule has 0 saturated carbocycles. The minimum Gasteiger partial charge on any atom is -0.375 e. The average molecular weight is 300 g/mol. The third-order valence-corrected chi connectivity index (χ3v) is 4.29. The molecule has 2 aliphatic heterocycles. The normalized spacial score (nSPS) is 20.0. The van der Waals surface area contributed by atoms with E-state index in [9.17, 15) is 0 Å². The molecule has 1 saturated heterocycles. The first kappa shape index (κ1) is 15.5. The Balaban J connectivity index is 2.01. The molecule has 3 heteroatoms. The van der Waals surface area contributed by atoms with E-state index in [0.29, 0.717) is 18.6 Å². The number of amidine groups is 1. The van der Waals surface area contributed by atoms with E-state index >= 15 is 0 Å². The Morgan fingerprint density at radius 2 is 1.82 bits per heavy atom. The van der Waals surface area contributed by atoms with Gasteiger partial charge in [0, 0.05) is 16.7 Å². The molecule has 1 aromatic rings. The Labute approximate surface area is 134 Å². The van der Waals surface area contributed by atoms with Crippen LogP contribution in [-0.2, 0) is 16.7 Å².